The first kappa shape index (κ1) is 14.9. The lowest BCUT2D eigenvalue weighted by Crippen LogP contribution is -2.26. The Hall–Kier alpha value is -0.460. The molecule has 1 amide bonds. The van der Waals surface area contributed by atoms with E-state index in [0.717, 1.165) is 21.5 Å². The van der Waals surface area contributed by atoms with Crippen molar-refractivity contribution < 1.29 is 4.79 Å². The number of hydrogen-bond donors (Lipinski definition) is 1. The predicted molar refractivity (Wildman–Crippen MR) is 87.8 cm³/mol. The molecule has 2 rings (SSSR count). The number of rotatable bonds is 4. The molecule has 1 aliphatic heterocycles. The van der Waals surface area contributed by atoms with Gasteiger partial charge in [0.1, 0.15) is 0 Å². The van der Waals surface area contributed by atoms with E-state index in [1.54, 1.807) is 6.21 Å². The van der Waals surface area contributed by atoms with Crippen molar-refractivity contribution in [3.05, 3.63) is 34.3 Å². The number of nitrogens with one attached hydrogen (secondary N) is 1. The third kappa shape index (κ3) is 4.85. The normalized spacial score (nSPS) is 17.8. The zero-order chi connectivity index (χ0) is 13.7. The second kappa shape index (κ2) is 6.81. The first-order valence-corrected chi connectivity index (χ1v) is 8.69. The van der Waals surface area contributed by atoms with Crippen LogP contribution >= 0.6 is 39.5 Å². The summed E-state index contributed by atoms with van der Waals surface area (Å²) in [6.45, 7) is 2.12. The fourth-order valence-corrected chi connectivity index (χ4v) is 4.81. The van der Waals surface area contributed by atoms with Crippen LogP contribution in [0.25, 0.3) is 0 Å². The van der Waals surface area contributed by atoms with Gasteiger partial charge in [-0.3, -0.25) is 4.79 Å². The van der Waals surface area contributed by atoms with Crippen molar-refractivity contribution in [2.45, 2.75) is 17.4 Å². The molecule has 1 fully saturated rings. The second-order valence-corrected chi connectivity index (χ2v) is 8.72. The van der Waals surface area contributed by atoms with Crippen molar-refractivity contribution in [3.63, 3.8) is 0 Å². The standard InChI is InChI=1S/C13H15BrN2OS2/c1-13(18-6-7-19-13)8-12(17)16-15-9-10-2-4-11(14)5-3-10/h2-5,9H,6-8H2,1H3,(H,16,17)/b15-9+. The molecule has 0 saturated carbocycles. The molecule has 19 heavy (non-hydrogen) atoms. The number of amides is 1. The fourth-order valence-electron chi connectivity index (χ4n) is 1.72. The van der Waals surface area contributed by atoms with Crippen LogP contribution in [-0.4, -0.2) is 27.7 Å². The first-order chi connectivity index (χ1) is 9.07. The summed E-state index contributed by atoms with van der Waals surface area (Å²) in [4.78, 5) is 11.8. The minimum Gasteiger partial charge on any atom is -0.273 e. The number of carbonyl (C=O) groups is 1. The molecule has 0 aliphatic carbocycles. The SMILES string of the molecule is CC1(CC(=O)N/N=C/c2ccc(Br)cc2)SCCS1. The molecule has 0 radical (unpaired) electrons. The minimum atomic E-state index is -0.0299. The fraction of sp³-hybridized carbons (Fsp3) is 0.385. The van der Waals surface area contributed by atoms with E-state index in [-0.39, 0.29) is 9.99 Å². The number of hydrazone groups is 1. The van der Waals surface area contributed by atoms with Crippen LogP contribution in [0.1, 0.15) is 18.9 Å². The highest BCUT2D eigenvalue weighted by Gasteiger charge is 2.32. The van der Waals surface area contributed by atoms with Crippen molar-refractivity contribution in [1.29, 1.82) is 0 Å². The van der Waals surface area contributed by atoms with E-state index in [4.69, 9.17) is 0 Å². The summed E-state index contributed by atoms with van der Waals surface area (Å²) in [7, 11) is 0. The van der Waals surface area contributed by atoms with Gasteiger partial charge >= 0.3 is 0 Å². The van der Waals surface area contributed by atoms with Gasteiger partial charge in [0.15, 0.2) is 0 Å². The van der Waals surface area contributed by atoms with Crippen LogP contribution in [-0.2, 0) is 4.79 Å². The largest absolute Gasteiger partial charge is 0.273 e. The number of carbonyl (C=O) groups excluding carboxylic acids is 1. The Balaban J connectivity index is 1.81. The van der Waals surface area contributed by atoms with E-state index in [1.165, 1.54) is 0 Å². The van der Waals surface area contributed by atoms with Crippen LogP contribution in [0.4, 0.5) is 0 Å². The van der Waals surface area contributed by atoms with Crippen LogP contribution in [0.5, 0.6) is 0 Å². The quantitative estimate of drug-likeness (QED) is 0.661. The molecule has 0 bridgehead atoms. The van der Waals surface area contributed by atoms with Gasteiger partial charge in [-0.15, -0.1) is 23.5 Å². The molecule has 0 unspecified atom stereocenters. The molecule has 1 aliphatic rings. The number of nitrogens with zero attached hydrogens (tertiary/aromatic N) is 1. The summed E-state index contributed by atoms with van der Waals surface area (Å²) in [5, 5.41) is 3.99. The molecule has 1 saturated heterocycles. The minimum absolute atomic E-state index is 0.0111. The van der Waals surface area contributed by atoms with Crippen LogP contribution in [0.3, 0.4) is 0 Å². The number of halogens is 1. The smallest absolute Gasteiger partial charge is 0.242 e. The van der Waals surface area contributed by atoms with Gasteiger partial charge in [0.05, 0.1) is 16.7 Å². The first-order valence-electron chi connectivity index (χ1n) is 5.93. The molecule has 6 heteroatoms. The van der Waals surface area contributed by atoms with E-state index in [9.17, 15) is 4.79 Å². The summed E-state index contributed by atoms with van der Waals surface area (Å²) in [6, 6.07) is 7.75. The van der Waals surface area contributed by atoms with E-state index in [2.05, 4.69) is 33.4 Å². The van der Waals surface area contributed by atoms with Gasteiger partial charge in [0, 0.05) is 16.0 Å². The molecular weight excluding hydrogens is 344 g/mol. The van der Waals surface area contributed by atoms with Crippen LogP contribution in [0.15, 0.2) is 33.8 Å². The topological polar surface area (TPSA) is 41.5 Å². The number of hydrogen-bond acceptors (Lipinski definition) is 4. The predicted octanol–water partition coefficient (Wildman–Crippen LogP) is 3.49. The van der Waals surface area contributed by atoms with Gasteiger partial charge in [-0.2, -0.15) is 5.10 Å². The Labute approximate surface area is 130 Å². The van der Waals surface area contributed by atoms with Crippen LogP contribution in [0.2, 0.25) is 0 Å². The second-order valence-electron chi connectivity index (χ2n) is 4.35. The lowest BCUT2D eigenvalue weighted by Gasteiger charge is -2.19. The lowest BCUT2D eigenvalue weighted by atomic mass is 10.2. The molecular formula is C13H15BrN2OS2. The Morgan fingerprint density at radius 3 is 2.68 bits per heavy atom. The number of thioether (sulfide) groups is 2. The van der Waals surface area contributed by atoms with Crippen molar-refractivity contribution in [2.24, 2.45) is 5.10 Å². The van der Waals surface area contributed by atoms with Crippen molar-refractivity contribution in [2.75, 3.05) is 11.5 Å². The molecule has 0 spiro atoms. The molecule has 3 nitrogen and oxygen atoms in total. The molecule has 0 atom stereocenters. The van der Waals surface area contributed by atoms with Crippen LogP contribution in [0, 0.1) is 0 Å². The van der Waals surface area contributed by atoms with E-state index < -0.39 is 0 Å². The van der Waals surface area contributed by atoms with Gasteiger partial charge < -0.3 is 0 Å². The molecule has 0 aromatic heterocycles. The summed E-state index contributed by atoms with van der Waals surface area (Å²) in [5.74, 6) is 2.21. The molecule has 1 aromatic rings. The Kier molecular flexibility index (Phi) is 5.36. The van der Waals surface area contributed by atoms with Crippen molar-refractivity contribution >= 4 is 51.6 Å². The highest BCUT2D eigenvalue weighted by atomic mass is 79.9. The Morgan fingerprint density at radius 1 is 1.42 bits per heavy atom. The van der Waals surface area contributed by atoms with Crippen LogP contribution < -0.4 is 5.43 Å². The maximum atomic E-state index is 11.8. The summed E-state index contributed by atoms with van der Waals surface area (Å²) < 4.78 is 1.04. The van der Waals surface area contributed by atoms with Crippen molar-refractivity contribution in [3.8, 4) is 0 Å². The van der Waals surface area contributed by atoms with Crippen molar-refractivity contribution in [1.82, 2.24) is 5.43 Å². The zero-order valence-electron chi connectivity index (χ0n) is 10.6. The number of benzene rings is 1. The highest BCUT2D eigenvalue weighted by molar-refractivity contribution is 9.10. The maximum absolute atomic E-state index is 11.8. The van der Waals surface area contributed by atoms with Gasteiger partial charge in [-0.25, -0.2) is 5.43 Å². The third-order valence-corrected chi connectivity index (χ3v) is 6.47. The van der Waals surface area contributed by atoms with Gasteiger partial charge in [0.25, 0.3) is 0 Å². The Morgan fingerprint density at radius 2 is 2.05 bits per heavy atom. The zero-order valence-corrected chi connectivity index (χ0v) is 13.8. The molecule has 102 valence electrons. The molecule has 1 aromatic carbocycles. The maximum Gasteiger partial charge on any atom is 0.242 e. The van der Waals surface area contributed by atoms with Gasteiger partial charge in [-0.1, -0.05) is 28.1 Å². The van der Waals surface area contributed by atoms with E-state index in [0.29, 0.717) is 6.42 Å². The summed E-state index contributed by atoms with van der Waals surface area (Å²) >= 11 is 7.07. The summed E-state index contributed by atoms with van der Waals surface area (Å²) in [6.07, 6.45) is 2.15. The highest BCUT2D eigenvalue weighted by Crippen LogP contribution is 2.45. The lowest BCUT2D eigenvalue weighted by molar-refractivity contribution is -0.121. The molecule has 1 heterocycles. The summed E-state index contributed by atoms with van der Waals surface area (Å²) in [5.41, 5.74) is 3.55. The van der Waals surface area contributed by atoms with E-state index >= 15 is 0 Å². The van der Waals surface area contributed by atoms with E-state index in [1.807, 2.05) is 47.8 Å². The Bertz CT molecular complexity index is 470. The van der Waals surface area contributed by atoms with Gasteiger partial charge in [0.2, 0.25) is 5.91 Å². The average molecular weight is 359 g/mol. The average Bonchev–Trinajstić information content (AvgIpc) is 2.78. The van der Waals surface area contributed by atoms with Gasteiger partial charge in [-0.05, 0) is 24.6 Å². The third-order valence-electron chi connectivity index (χ3n) is 2.65. The monoisotopic (exact) mass is 358 g/mol. The molecule has 1 N–H and O–H groups in total.